The van der Waals surface area contributed by atoms with E-state index < -0.39 is 16.1 Å². The molecule has 0 unspecified atom stereocenters. The van der Waals surface area contributed by atoms with Gasteiger partial charge >= 0.3 is 0 Å². The third kappa shape index (κ3) is 4.22. The molecule has 0 aromatic carbocycles. The van der Waals surface area contributed by atoms with Crippen molar-refractivity contribution < 1.29 is 22.5 Å². The number of aryl methyl sites for hydroxylation is 2. The van der Waals surface area contributed by atoms with E-state index in [1.165, 1.54) is 0 Å². The summed E-state index contributed by atoms with van der Waals surface area (Å²) >= 11 is 0. The van der Waals surface area contributed by atoms with E-state index in [0.717, 1.165) is 9.87 Å². The summed E-state index contributed by atoms with van der Waals surface area (Å²) in [6, 6.07) is -0.705. The molecule has 28 heavy (non-hydrogen) atoms. The first-order chi connectivity index (χ1) is 13.1. The molecule has 2 aliphatic heterocycles. The molecule has 0 spiro atoms. The van der Waals surface area contributed by atoms with Crippen molar-refractivity contribution in [1.29, 1.82) is 0 Å². The van der Waals surface area contributed by atoms with Crippen molar-refractivity contribution in [1.82, 2.24) is 19.7 Å². The van der Waals surface area contributed by atoms with Crippen LogP contribution in [0.2, 0.25) is 0 Å². The second kappa shape index (κ2) is 7.82. The number of aromatic nitrogens is 1. The zero-order chi connectivity index (χ0) is 20.6. The van der Waals surface area contributed by atoms with E-state index in [1.54, 1.807) is 13.8 Å². The van der Waals surface area contributed by atoms with E-state index in [1.807, 2.05) is 18.7 Å². The predicted molar refractivity (Wildman–Crippen MR) is 102 cm³/mol. The Hall–Kier alpha value is -1.94. The fourth-order valence-corrected chi connectivity index (χ4v) is 5.49. The summed E-state index contributed by atoms with van der Waals surface area (Å²) in [5.41, 5.74) is 1.47. The van der Waals surface area contributed by atoms with Gasteiger partial charge in [0.05, 0.1) is 23.9 Å². The van der Waals surface area contributed by atoms with Crippen molar-refractivity contribution in [2.75, 3.05) is 25.4 Å². The van der Waals surface area contributed by atoms with Gasteiger partial charge in [0.2, 0.25) is 15.9 Å². The van der Waals surface area contributed by atoms with Crippen LogP contribution < -0.4 is 5.32 Å². The maximum atomic E-state index is 12.9. The molecule has 0 saturated carbocycles. The van der Waals surface area contributed by atoms with Crippen molar-refractivity contribution >= 4 is 21.8 Å². The maximum absolute atomic E-state index is 12.9. The molecule has 2 fully saturated rings. The summed E-state index contributed by atoms with van der Waals surface area (Å²) in [4.78, 5) is 27.3. The van der Waals surface area contributed by atoms with Gasteiger partial charge in [0.1, 0.15) is 5.76 Å². The van der Waals surface area contributed by atoms with Crippen LogP contribution in [0, 0.1) is 19.8 Å². The molecule has 2 aliphatic rings. The normalized spacial score (nSPS) is 25.0. The first kappa shape index (κ1) is 20.8. The van der Waals surface area contributed by atoms with E-state index in [9.17, 15) is 18.0 Å². The highest BCUT2D eigenvalue weighted by atomic mass is 32.2. The lowest BCUT2D eigenvalue weighted by Gasteiger charge is -2.25. The largest absolute Gasteiger partial charge is 0.361 e. The number of fused-ring (bicyclic) bond motifs is 1. The molecular weight excluding hydrogens is 384 g/mol. The van der Waals surface area contributed by atoms with Crippen molar-refractivity contribution in [3.05, 3.63) is 17.0 Å². The highest BCUT2D eigenvalue weighted by Gasteiger charge is 2.45. The summed E-state index contributed by atoms with van der Waals surface area (Å²) in [5, 5.41) is 6.83. The van der Waals surface area contributed by atoms with Gasteiger partial charge < -0.3 is 9.84 Å². The smallest absolute Gasteiger partial charge is 0.253 e. The van der Waals surface area contributed by atoms with Crippen LogP contribution in [0.5, 0.6) is 0 Å². The first-order valence-electron chi connectivity index (χ1n) is 9.58. The molecule has 3 heterocycles. The van der Waals surface area contributed by atoms with Crippen LogP contribution in [0.4, 0.5) is 0 Å². The number of nitrogens with zero attached hydrogens (tertiary/aromatic N) is 3. The number of sulfonamides is 1. The minimum absolute atomic E-state index is 0.0530. The van der Waals surface area contributed by atoms with E-state index in [2.05, 4.69) is 10.5 Å². The van der Waals surface area contributed by atoms with Gasteiger partial charge in [-0.05, 0) is 26.2 Å². The van der Waals surface area contributed by atoms with Crippen molar-refractivity contribution in [2.45, 2.75) is 52.6 Å². The van der Waals surface area contributed by atoms with Gasteiger partial charge in [-0.15, -0.1) is 0 Å². The van der Waals surface area contributed by atoms with E-state index in [0.29, 0.717) is 31.0 Å². The van der Waals surface area contributed by atoms with Crippen molar-refractivity contribution in [3.8, 4) is 0 Å². The fourth-order valence-electron chi connectivity index (χ4n) is 3.89. The summed E-state index contributed by atoms with van der Waals surface area (Å²) in [7, 11) is -3.59. The molecule has 0 bridgehead atoms. The maximum Gasteiger partial charge on any atom is 0.253 e. The number of nitrogens with one attached hydrogen (secondary N) is 1. The number of carbonyl (C=O) groups is 2. The van der Waals surface area contributed by atoms with E-state index in [-0.39, 0.29) is 42.5 Å². The quantitative estimate of drug-likeness (QED) is 0.736. The lowest BCUT2D eigenvalue weighted by atomic mass is 10.1. The molecule has 10 heteroatoms. The molecular formula is C18H28N4O5S. The van der Waals surface area contributed by atoms with Gasteiger partial charge in [-0.3, -0.25) is 14.5 Å². The van der Waals surface area contributed by atoms with E-state index in [4.69, 9.17) is 4.52 Å². The molecule has 0 aliphatic carbocycles. The minimum Gasteiger partial charge on any atom is -0.361 e. The Morgan fingerprint density at radius 1 is 1.36 bits per heavy atom. The van der Waals surface area contributed by atoms with Crippen LogP contribution >= 0.6 is 0 Å². The van der Waals surface area contributed by atoms with Crippen LogP contribution in [0.3, 0.4) is 0 Å². The molecule has 1 aromatic heterocycles. The zero-order valence-electron chi connectivity index (χ0n) is 16.8. The molecule has 3 rings (SSSR count). The van der Waals surface area contributed by atoms with Gasteiger partial charge in [0.25, 0.3) is 5.91 Å². The molecule has 2 saturated heterocycles. The van der Waals surface area contributed by atoms with Gasteiger partial charge in [-0.25, -0.2) is 12.7 Å². The topological polar surface area (TPSA) is 113 Å². The molecule has 156 valence electrons. The second-order valence-electron chi connectivity index (χ2n) is 8.07. The number of amides is 2. The Balaban J connectivity index is 1.67. The Morgan fingerprint density at radius 2 is 2.07 bits per heavy atom. The highest BCUT2D eigenvalue weighted by molar-refractivity contribution is 7.89. The Kier molecular flexibility index (Phi) is 5.81. The number of hydrogen-bond donors (Lipinski definition) is 1. The number of hydrogen-bond acceptors (Lipinski definition) is 7. The molecule has 2 amide bonds. The van der Waals surface area contributed by atoms with Gasteiger partial charge in [0.15, 0.2) is 0 Å². The summed E-state index contributed by atoms with van der Waals surface area (Å²) in [6.45, 7) is 8.29. The van der Waals surface area contributed by atoms with Crippen LogP contribution in [0.1, 0.15) is 37.3 Å². The van der Waals surface area contributed by atoms with Gasteiger partial charge in [0, 0.05) is 31.2 Å². The van der Waals surface area contributed by atoms with Gasteiger partial charge in [-0.2, -0.15) is 0 Å². The first-order valence-corrected chi connectivity index (χ1v) is 11.2. The van der Waals surface area contributed by atoms with Gasteiger partial charge in [-0.1, -0.05) is 19.0 Å². The SMILES string of the molecule is Cc1noc(C)c1CC(=O)N[C@H]1C[C@H]2C(=O)N(CC(C)C)S(=O)(=O)CCN2C1. The molecule has 1 N–H and O–H groups in total. The molecule has 1 aromatic rings. The van der Waals surface area contributed by atoms with E-state index >= 15 is 0 Å². The Bertz CT molecular complexity index is 844. The van der Waals surface area contributed by atoms with Crippen LogP contribution in [-0.2, 0) is 26.0 Å². The number of carbonyl (C=O) groups excluding carboxylic acids is 2. The third-order valence-electron chi connectivity index (χ3n) is 5.32. The minimum atomic E-state index is -3.59. The second-order valence-corrected chi connectivity index (χ2v) is 10.1. The molecule has 0 radical (unpaired) electrons. The molecule has 2 atom stereocenters. The average molecular weight is 413 g/mol. The Labute approximate surface area is 165 Å². The third-order valence-corrected chi connectivity index (χ3v) is 7.02. The zero-order valence-corrected chi connectivity index (χ0v) is 17.6. The summed E-state index contributed by atoms with van der Waals surface area (Å²) in [5.74, 6) is 0.0570. The summed E-state index contributed by atoms with van der Waals surface area (Å²) in [6.07, 6.45) is 0.584. The fraction of sp³-hybridized carbons (Fsp3) is 0.722. The number of rotatable bonds is 5. The highest BCUT2D eigenvalue weighted by Crippen LogP contribution is 2.25. The van der Waals surface area contributed by atoms with Crippen LogP contribution in [0.15, 0.2) is 4.52 Å². The van der Waals surface area contributed by atoms with Crippen molar-refractivity contribution in [2.24, 2.45) is 5.92 Å². The van der Waals surface area contributed by atoms with Crippen LogP contribution in [-0.4, -0.2) is 72.1 Å². The lowest BCUT2D eigenvalue weighted by molar-refractivity contribution is -0.131. The summed E-state index contributed by atoms with van der Waals surface area (Å²) < 4.78 is 31.1. The standard InChI is InChI=1S/C18H28N4O5S/c1-11(2)9-22-18(24)16-7-14(10-21(16)5-6-28(22,25)26)19-17(23)8-15-12(3)20-27-13(15)4/h11,14,16H,5-10H2,1-4H3,(H,19,23)/t14-,16-/m0/s1. The average Bonchev–Trinajstić information content (AvgIpc) is 3.12. The monoisotopic (exact) mass is 412 g/mol. The lowest BCUT2D eigenvalue weighted by Crippen LogP contribution is -2.45. The van der Waals surface area contributed by atoms with Crippen LogP contribution in [0.25, 0.3) is 0 Å². The Morgan fingerprint density at radius 3 is 2.68 bits per heavy atom. The predicted octanol–water partition coefficient (Wildman–Crippen LogP) is 0.221. The van der Waals surface area contributed by atoms with Crippen molar-refractivity contribution in [3.63, 3.8) is 0 Å². The molecule has 9 nitrogen and oxygen atoms in total.